The molecule has 2 N–H and O–H groups in total. The average Bonchev–Trinajstić information content (AvgIpc) is 3.37. The lowest BCUT2D eigenvalue weighted by Gasteiger charge is -2.30. The third-order valence-electron chi connectivity index (χ3n) is 5.37. The van der Waals surface area contributed by atoms with Crippen LogP contribution in [-0.2, 0) is 11.2 Å². The van der Waals surface area contributed by atoms with Crippen molar-refractivity contribution in [1.29, 1.82) is 5.41 Å². The Morgan fingerprint density at radius 3 is 2.78 bits per heavy atom. The second-order valence-corrected chi connectivity index (χ2v) is 8.22. The fourth-order valence-corrected chi connectivity index (χ4v) is 4.60. The summed E-state index contributed by atoms with van der Waals surface area (Å²) in [5, 5.41) is 13.4. The highest BCUT2D eigenvalue weighted by Crippen LogP contribution is 2.31. The molecule has 5 nitrogen and oxygen atoms in total. The summed E-state index contributed by atoms with van der Waals surface area (Å²) in [6, 6.07) is 10.0. The molecule has 142 valence electrons. The lowest BCUT2D eigenvalue weighted by atomic mass is 10.00. The molecule has 0 spiro atoms. The number of likely N-dealkylation sites (tertiary alicyclic amines) is 1. The first-order valence-corrected chi connectivity index (χ1v) is 10.6. The summed E-state index contributed by atoms with van der Waals surface area (Å²) >= 11 is 1.56. The van der Waals surface area contributed by atoms with Crippen LogP contribution in [0, 0.1) is 5.41 Å². The fourth-order valence-electron chi connectivity index (χ4n) is 3.97. The molecule has 2 aliphatic heterocycles. The quantitative estimate of drug-likeness (QED) is 0.587. The predicted octanol–water partition coefficient (Wildman–Crippen LogP) is 3.95. The number of benzene rings is 1. The van der Waals surface area contributed by atoms with Gasteiger partial charge in [-0.15, -0.1) is 11.3 Å². The molecule has 3 heterocycles. The Hall–Kier alpha value is -2.18. The Balaban J connectivity index is 1.42. The number of carbonyl (C=O) groups excluding carboxylic acids is 1. The lowest BCUT2D eigenvalue weighted by Crippen LogP contribution is -2.37. The molecule has 0 aliphatic carbocycles. The Bertz CT molecular complexity index is 812. The zero-order valence-corrected chi connectivity index (χ0v) is 16.4. The van der Waals surface area contributed by atoms with Crippen LogP contribution < -0.4 is 10.2 Å². The van der Waals surface area contributed by atoms with Crippen molar-refractivity contribution in [3.05, 3.63) is 46.2 Å². The zero-order chi connectivity index (χ0) is 18.6. The minimum Gasteiger partial charge on any atom is -0.340 e. The van der Waals surface area contributed by atoms with Gasteiger partial charge >= 0.3 is 0 Å². The molecule has 0 atom stereocenters. The normalized spacial score (nSPS) is 17.2. The van der Waals surface area contributed by atoms with E-state index in [1.54, 1.807) is 11.3 Å². The van der Waals surface area contributed by atoms with Crippen molar-refractivity contribution in [3.63, 3.8) is 0 Å². The number of fused-ring (bicyclic) bond motifs is 1. The molecule has 1 saturated heterocycles. The van der Waals surface area contributed by atoms with Gasteiger partial charge in [0.2, 0.25) is 5.91 Å². The van der Waals surface area contributed by atoms with Gasteiger partial charge in [0.05, 0.1) is 4.88 Å². The smallest absolute Gasteiger partial charge is 0.227 e. The maximum absolute atomic E-state index is 12.5. The summed E-state index contributed by atoms with van der Waals surface area (Å²) in [7, 11) is 0. The minimum absolute atomic E-state index is 0.232. The van der Waals surface area contributed by atoms with Gasteiger partial charge in [-0.05, 0) is 80.5 Å². The van der Waals surface area contributed by atoms with Crippen LogP contribution >= 0.6 is 11.3 Å². The van der Waals surface area contributed by atoms with Crippen LogP contribution in [0.15, 0.2) is 35.7 Å². The van der Waals surface area contributed by atoms with Gasteiger partial charge in [-0.1, -0.05) is 6.07 Å². The molecule has 2 aromatic rings. The molecule has 4 rings (SSSR count). The highest BCUT2D eigenvalue weighted by Gasteiger charge is 2.24. The van der Waals surface area contributed by atoms with Crippen LogP contribution in [0.25, 0.3) is 0 Å². The second kappa shape index (κ2) is 8.23. The van der Waals surface area contributed by atoms with E-state index in [9.17, 15) is 4.79 Å². The van der Waals surface area contributed by atoms with Crippen molar-refractivity contribution in [3.8, 4) is 0 Å². The van der Waals surface area contributed by atoms with Gasteiger partial charge in [0, 0.05) is 24.3 Å². The van der Waals surface area contributed by atoms with Gasteiger partial charge in [-0.25, -0.2) is 0 Å². The summed E-state index contributed by atoms with van der Waals surface area (Å²) in [5.74, 6) is 0.648. The number of nitrogens with zero attached hydrogens (tertiary/aromatic N) is 2. The summed E-state index contributed by atoms with van der Waals surface area (Å²) < 4.78 is 0. The first kappa shape index (κ1) is 18.2. The minimum atomic E-state index is 0.232. The van der Waals surface area contributed by atoms with Crippen molar-refractivity contribution in [1.82, 2.24) is 4.90 Å². The van der Waals surface area contributed by atoms with Crippen molar-refractivity contribution >= 4 is 34.5 Å². The van der Waals surface area contributed by atoms with E-state index >= 15 is 0 Å². The highest BCUT2D eigenvalue weighted by molar-refractivity contribution is 7.12. The zero-order valence-electron chi connectivity index (χ0n) is 15.5. The molecule has 0 unspecified atom stereocenters. The number of anilines is 2. The Labute approximate surface area is 164 Å². The van der Waals surface area contributed by atoms with E-state index in [0.29, 0.717) is 12.3 Å². The molecule has 6 heteroatoms. The number of hydrogen-bond donors (Lipinski definition) is 2. The average molecular weight is 383 g/mol. The molecular formula is C21H26N4OS. The lowest BCUT2D eigenvalue weighted by molar-refractivity contribution is -0.118. The number of amides is 1. The largest absolute Gasteiger partial charge is 0.340 e. The number of thiophene rings is 1. The number of hydrogen-bond acceptors (Lipinski definition) is 4. The van der Waals surface area contributed by atoms with E-state index in [2.05, 4.69) is 16.3 Å². The molecular weight excluding hydrogens is 356 g/mol. The number of nitrogens with one attached hydrogen (secondary N) is 2. The van der Waals surface area contributed by atoms with E-state index in [0.717, 1.165) is 42.2 Å². The van der Waals surface area contributed by atoms with Crippen LogP contribution in [0.2, 0.25) is 0 Å². The summed E-state index contributed by atoms with van der Waals surface area (Å²) in [6.07, 6.45) is 4.98. The Kier molecular flexibility index (Phi) is 5.55. The van der Waals surface area contributed by atoms with E-state index in [-0.39, 0.29) is 5.91 Å². The molecule has 27 heavy (non-hydrogen) atoms. The third kappa shape index (κ3) is 4.22. The first-order valence-electron chi connectivity index (χ1n) is 9.76. The molecule has 1 aromatic carbocycles. The monoisotopic (exact) mass is 382 g/mol. The van der Waals surface area contributed by atoms with Crippen LogP contribution in [0.5, 0.6) is 0 Å². The number of aryl methyl sites for hydroxylation is 1. The molecule has 1 aromatic heterocycles. The topological polar surface area (TPSA) is 59.4 Å². The Morgan fingerprint density at radius 2 is 2.00 bits per heavy atom. The maximum Gasteiger partial charge on any atom is 0.227 e. The summed E-state index contributed by atoms with van der Waals surface area (Å²) in [4.78, 5) is 17.8. The van der Waals surface area contributed by atoms with E-state index in [1.165, 1.54) is 31.5 Å². The molecule has 0 bridgehead atoms. The van der Waals surface area contributed by atoms with Crippen molar-refractivity contribution in [2.75, 3.05) is 36.4 Å². The standard InChI is InChI=1S/C21H26N4OS/c22-21(19-5-3-14-27-19)23-17-7-8-18-16(15-17)6-9-20(26)25(18)13-4-12-24-10-1-2-11-24/h3,5,7-8,14-15H,1-2,4,6,9-13H2,(H2,22,23). The van der Waals surface area contributed by atoms with Crippen LogP contribution in [0.4, 0.5) is 11.4 Å². The van der Waals surface area contributed by atoms with Gasteiger partial charge in [0.15, 0.2) is 0 Å². The molecule has 0 radical (unpaired) electrons. The van der Waals surface area contributed by atoms with Gasteiger partial charge in [0.1, 0.15) is 5.84 Å². The van der Waals surface area contributed by atoms with Gasteiger partial charge in [0.25, 0.3) is 0 Å². The van der Waals surface area contributed by atoms with Gasteiger partial charge < -0.3 is 15.1 Å². The summed E-state index contributed by atoms with van der Waals surface area (Å²) in [5.41, 5.74) is 3.15. The van der Waals surface area contributed by atoms with Gasteiger partial charge in [-0.3, -0.25) is 10.2 Å². The van der Waals surface area contributed by atoms with Gasteiger partial charge in [-0.2, -0.15) is 0 Å². The highest BCUT2D eigenvalue weighted by atomic mass is 32.1. The number of carbonyl (C=O) groups is 1. The van der Waals surface area contributed by atoms with Crippen LogP contribution in [-0.4, -0.2) is 42.8 Å². The van der Waals surface area contributed by atoms with Crippen LogP contribution in [0.3, 0.4) is 0 Å². The molecule has 1 fully saturated rings. The van der Waals surface area contributed by atoms with Crippen LogP contribution in [0.1, 0.15) is 36.1 Å². The molecule has 2 aliphatic rings. The van der Waals surface area contributed by atoms with Crippen molar-refractivity contribution in [2.45, 2.75) is 32.1 Å². The summed E-state index contributed by atoms with van der Waals surface area (Å²) in [6.45, 7) is 4.28. The van der Waals surface area contributed by atoms with E-state index in [1.807, 2.05) is 34.5 Å². The van der Waals surface area contributed by atoms with E-state index in [4.69, 9.17) is 5.41 Å². The van der Waals surface area contributed by atoms with Crippen molar-refractivity contribution < 1.29 is 4.79 Å². The molecule has 1 amide bonds. The van der Waals surface area contributed by atoms with E-state index < -0.39 is 0 Å². The number of amidine groups is 1. The Morgan fingerprint density at radius 1 is 1.15 bits per heavy atom. The predicted molar refractivity (Wildman–Crippen MR) is 112 cm³/mol. The third-order valence-corrected chi connectivity index (χ3v) is 6.26. The maximum atomic E-state index is 12.5. The number of rotatable bonds is 6. The second-order valence-electron chi connectivity index (χ2n) is 7.27. The SMILES string of the molecule is N=C(Nc1ccc2c(c1)CCC(=O)N2CCCN1CCCC1)c1cccs1. The molecule has 0 saturated carbocycles. The first-order chi connectivity index (χ1) is 13.2. The van der Waals surface area contributed by atoms with Crippen molar-refractivity contribution in [2.24, 2.45) is 0 Å². The fraction of sp³-hybridized carbons (Fsp3) is 0.429.